The van der Waals surface area contributed by atoms with Crippen molar-refractivity contribution in [2.45, 2.75) is 47.2 Å². The van der Waals surface area contributed by atoms with Crippen LogP contribution in [-0.4, -0.2) is 51.4 Å². The van der Waals surface area contributed by atoms with Gasteiger partial charge < -0.3 is 20.5 Å². The van der Waals surface area contributed by atoms with E-state index in [1.54, 1.807) is 13.1 Å². The minimum atomic E-state index is -0.448. The summed E-state index contributed by atoms with van der Waals surface area (Å²) in [5, 5.41) is 3.41. The van der Waals surface area contributed by atoms with Crippen LogP contribution in [0, 0.1) is 5.92 Å². The summed E-state index contributed by atoms with van der Waals surface area (Å²) in [6.07, 6.45) is 6.55. The molecule has 4 rings (SSSR count). The second kappa shape index (κ2) is 10.8. The number of nitrogens with two attached hydrogens (primary N) is 1. The molecule has 1 atom stereocenters. The van der Waals surface area contributed by atoms with Crippen LogP contribution in [0.5, 0.6) is 0 Å². The number of aromatic nitrogens is 3. The van der Waals surface area contributed by atoms with Crippen LogP contribution in [-0.2, 0) is 20.1 Å². The SMILES string of the molecule is C=C/C=C1/N=C(Cn2c(=O)c3c(c(N)c(N4CCCNCC4)n3CC=C(C)C)n(C)c2=O)N=C(C)C1C. The molecule has 1 unspecified atom stereocenters. The number of fused-ring (bicyclic) bond motifs is 1. The summed E-state index contributed by atoms with van der Waals surface area (Å²) in [4.78, 5) is 38.9. The Morgan fingerprint density at radius 1 is 1.16 bits per heavy atom. The number of aryl methyl sites for hydroxylation is 1. The third kappa shape index (κ3) is 4.98. The van der Waals surface area contributed by atoms with E-state index >= 15 is 0 Å². The first-order valence-electron chi connectivity index (χ1n) is 12.8. The van der Waals surface area contributed by atoms with Gasteiger partial charge in [0, 0.05) is 44.9 Å². The van der Waals surface area contributed by atoms with Crippen molar-refractivity contribution in [1.82, 2.24) is 19.0 Å². The van der Waals surface area contributed by atoms with Gasteiger partial charge in [-0.2, -0.15) is 0 Å². The molecule has 1 fully saturated rings. The Hall–Kier alpha value is -3.66. The fraction of sp³-hybridized carbons (Fsp3) is 0.481. The molecule has 0 aromatic carbocycles. The van der Waals surface area contributed by atoms with Gasteiger partial charge in [-0.05, 0) is 39.8 Å². The zero-order valence-corrected chi connectivity index (χ0v) is 22.5. The van der Waals surface area contributed by atoms with Crippen LogP contribution < -0.4 is 27.2 Å². The second-order valence-electron chi connectivity index (χ2n) is 9.98. The lowest BCUT2D eigenvalue weighted by molar-refractivity contribution is 0.673. The molecule has 0 saturated carbocycles. The van der Waals surface area contributed by atoms with E-state index in [-0.39, 0.29) is 12.5 Å². The molecule has 4 heterocycles. The molecule has 0 spiro atoms. The van der Waals surface area contributed by atoms with Gasteiger partial charge in [0.1, 0.15) is 22.7 Å². The van der Waals surface area contributed by atoms with Crippen LogP contribution in [0.2, 0.25) is 0 Å². The molecule has 10 nitrogen and oxygen atoms in total. The maximum Gasteiger partial charge on any atom is 0.331 e. The maximum absolute atomic E-state index is 14.0. The Morgan fingerprint density at radius 3 is 2.62 bits per heavy atom. The number of nitrogens with zero attached hydrogens (tertiary/aromatic N) is 6. The number of amidine groups is 1. The van der Waals surface area contributed by atoms with E-state index in [2.05, 4.69) is 32.9 Å². The molecule has 0 bridgehead atoms. The number of anilines is 2. The van der Waals surface area contributed by atoms with E-state index in [0.29, 0.717) is 29.1 Å². The van der Waals surface area contributed by atoms with Crippen molar-refractivity contribution in [2.24, 2.45) is 23.0 Å². The highest BCUT2D eigenvalue weighted by Crippen LogP contribution is 2.34. The van der Waals surface area contributed by atoms with Gasteiger partial charge in [-0.25, -0.2) is 14.8 Å². The summed E-state index contributed by atoms with van der Waals surface area (Å²) in [6.45, 7) is 15.5. The molecule has 0 amide bonds. The quantitative estimate of drug-likeness (QED) is 0.584. The molecular formula is C27H38N8O2. The molecular weight excluding hydrogens is 468 g/mol. The third-order valence-corrected chi connectivity index (χ3v) is 7.09. The highest BCUT2D eigenvalue weighted by atomic mass is 16.2. The normalized spacial score (nSPS) is 19.5. The van der Waals surface area contributed by atoms with E-state index in [0.717, 1.165) is 55.4 Å². The van der Waals surface area contributed by atoms with Gasteiger partial charge in [0.05, 0.1) is 17.9 Å². The molecule has 1 saturated heterocycles. The van der Waals surface area contributed by atoms with Gasteiger partial charge in [-0.3, -0.25) is 13.9 Å². The van der Waals surface area contributed by atoms with E-state index in [4.69, 9.17) is 5.73 Å². The van der Waals surface area contributed by atoms with Crippen molar-refractivity contribution in [3.63, 3.8) is 0 Å². The Labute approximate surface area is 217 Å². The first kappa shape index (κ1) is 26.4. The molecule has 2 aliphatic rings. The Bertz CT molecular complexity index is 1450. The summed E-state index contributed by atoms with van der Waals surface area (Å²) >= 11 is 0. The molecule has 2 aliphatic heterocycles. The standard InChI is InChI=1S/C27H38N8O2/c1-7-9-20-18(4)19(5)30-21(31-20)16-35-26(36)24-23(32(6)27(35)37)22(28)25(34(24)14-10-17(2)3)33-13-8-11-29-12-15-33/h7,9-10,18,29H,1,8,11-16,28H2,2-6H3/b20-9+. The van der Waals surface area contributed by atoms with E-state index in [1.807, 2.05) is 38.3 Å². The first-order chi connectivity index (χ1) is 17.6. The average molecular weight is 507 g/mol. The van der Waals surface area contributed by atoms with Gasteiger partial charge in [0.25, 0.3) is 5.56 Å². The molecule has 2 aromatic heterocycles. The highest BCUT2D eigenvalue weighted by Gasteiger charge is 2.27. The van der Waals surface area contributed by atoms with Crippen molar-refractivity contribution in [1.29, 1.82) is 0 Å². The van der Waals surface area contributed by atoms with Gasteiger partial charge >= 0.3 is 5.69 Å². The van der Waals surface area contributed by atoms with Crippen LogP contribution in [0.25, 0.3) is 11.0 Å². The number of nitrogen functional groups attached to an aromatic ring is 1. The zero-order chi connectivity index (χ0) is 26.9. The predicted molar refractivity (Wildman–Crippen MR) is 153 cm³/mol. The van der Waals surface area contributed by atoms with Crippen molar-refractivity contribution in [3.8, 4) is 0 Å². The molecule has 0 radical (unpaired) electrons. The predicted octanol–water partition coefficient (Wildman–Crippen LogP) is 2.43. The zero-order valence-electron chi connectivity index (χ0n) is 22.5. The lowest BCUT2D eigenvalue weighted by atomic mass is 10.0. The molecule has 10 heteroatoms. The summed E-state index contributed by atoms with van der Waals surface area (Å²) in [5.41, 5.74) is 10.0. The van der Waals surface area contributed by atoms with Crippen LogP contribution in [0.15, 0.2) is 55.7 Å². The largest absolute Gasteiger partial charge is 0.394 e. The maximum atomic E-state index is 14.0. The Morgan fingerprint density at radius 2 is 1.92 bits per heavy atom. The Kier molecular flexibility index (Phi) is 7.68. The number of aliphatic imine (C=N–C) groups is 2. The number of nitrogens with one attached hydrogen (secondary N) is 1. The molecule has 0 aliphatic carbocycles. The smallest absolute Gasteiger partial charge is 0.331 e. The van der Waals surface area contributed by atoms with Crippen LogP contribution in [0.4, 0.5) is 11.5 Å². The van der Waals surface area contributed by atoms with Crippen molar-refractivity contribution < 1.29 is 0 Å². The van der Waals surface area contributed by atoms with Gasteiger partial charge in [0.15, 0.2) is 0 Å². The topological polar surface area (TPSA) is 115 Å². The lowest BCUT2D eigenvalue weighted by Crippen LogP contribution is -2.41. The summed E-state index contributed by atoms with van der Waals surface area (Å²) < 4.78 is 4.66. The highest BCUT2D eigenvalue weighted by molar-refractivity contribution is 6.02. The fourth-order valence-electron chi connectivity index (χ4n) is 4.95. The van der Waals surface area contributed by atoms with Crippen molar-refractivity contribution in [3.05, 3.63) is 56.9 Å². The number of hydrogen-bond donors (Lipinski definition) is 2. The monoisotopic (exact) mass is 506 g/mol. The van der Waals surface area contributed by atoms with Crippen molar-refractivity contribution >= 4 is 34.1 Å². The summed E-state index contributed by atoms with van der Waals surface area (Å²) in [5.74, 6) is 1.24. The van der Waals surface area contributed by atoms with Gasteiger partial charge in [0.2, 0.25) is 0 Å². The lowest BCUT2D eigenvalue weighted by Gasteiger charge is -2.24. The van der Waals surface area contributed by atoms with E-state index in [1.165, 1.54) is 9.13 Å². The Balaban J connectivity index is 1.94. The molecule has 37 heavy (non-hydrogen) atoms. The van der Waals surface area contributed by atoms with Crippen molar-refractivity contribution in [2.75, 3.05) is 36.8 Å². The summed E-state index contributed by atoms with van der Waals surface area (Å²) in [6, 6.07) is 0. The fourth-order valence-corrected chi connectivity index (χ4v) is 4.95. The third-order valence-electron chi connectivity index (χ3n) is 7.09. The minimum Gasteiger partial charge on any atom is -0.394 e. The van der Waals surface area contributed by atoms with Crippen LogP contribution >= 0.6 is 0 Å². The molecule has 3 N–H and O–H groups in total. The second-order valence-corrected chi connectivity index (χ2v) is 9.98. The van der Waals surface area contributed by atoms with Crippen LogP contribution in [0.3, 0.4) is 0 Å². The average Bonchev–Trinajstić information content (AvgIpc) is 2.99. The minimum absolute atomic E-state index is 0.0311. The van der Waals surface area contributed by atoms with E-state index < -0.39 is 11.2 Å². The number of allylic oxidation sites excluding steroid dienone is 5. The number of rotatable bonds is 6. The van der Waals surface area contributed by atoms with Gasteiger partial charge in [-0.1, -0.05) is 31.2 Å². The first-order valence-corrected chi connectivity index (χ1v) is 12.8. The number of hydrogen-bond acceptors (Lipinski definition) is 7. The molecule has 2 aromatic rings. The molecule has 198 valence electrons. The summed E-state index contributed by atoms with van der Waals surface area (Å²) in [7, 11) is 1.66. The van der Waals surface area contributed by atoms with E-state index in [9.17, 15) is 9.59 Å². The van der Waals surface area contributed by atoms with Crippen LogP contribution in [0.1, 0.15) is 34.1 Å². The van der Waals surface area contributed by atoms with Gasteiger partial charge in [-0.15, -0.1) is 0 Å².